The Kier molecular flexibility index (Phi) is 6.91. The highest BCUT2D eigenvalue weighted by molar-refractivity contribution is 6.40. The number of anilines is 2. The van der Waals surface area contributed by atoms with Gasteiger partial charge in [0.2, 0.25) is 5.91 Å². The lowest BCUT2D eigenvalue weighted by atomic mass is 9.95. The van der Waals surface area contributed by atoms with Crippen molar-refractivity contribution in [3.8, 4) is 0 Å². The summed E-state index contributed by atoms with van der Waals surface area (Å²) in [5.74, 6) is -0.899. The Morgan fingerprint density at radius 1 is 0.828 bits per heavy atom. The average Bonchev–Trinajstić information content (AvgIpc) is 2.72. The second-order valence-electron chi connectivity index (χ2n) is 6.46. The molecule has 0 fully saturated rings. The Morgan fingerprint density at radius 3 is 2.10 bits per heavy atom. The van der Waals surface area contributed by atoms with Crippen LogP contribution in [0.2, 0.25) is 10.0 Å². The second kappa shape index (κ2) is 9.59. The summed E-state index contributed by atoms with van der Waals surface area (Å²) in [4.78, 5) is 25.8. The van der Waals surface area contributed by atoms with Gasteiger partial charge in [-0.25, -0.2) is 0 Å². The number of para-hydroxylation sites is 2. The largest absolute Gasteiger partial charge is 0.325 e. The van der Waals surface area contributed by atoms with Crippen molar-refractivity contribution < 1.29 is 9.59 Å². The maximum atomic E-state index is 12.9. The van der Waals surface area contributed by atoms with Crippen molar-refractivity contribution >= 4 is 46.4 Å². The molecule has 0 aliphatic carbocycles. The van der Waals surface area contributed by atoms with Crippen LogP contribution in [-0.4, -0.2) is 11.8 Å². The van der Waals surface area contributed by atoms with Crippen LogP contribution in [-0.2, 0) is 4.79 Å². The standard InChI is InChI=1S/C23H20Cl2N2O2/c1-2-16(15-9-4-3-5-10-15)22(28)26-20-14-7-6-11-17(20)23(29)27-21-18(24)12-8-13-19(21)25/h3-14,16H,2H2,1H3,(H,26,28)(H,27,29)/t16-/m1/s1. The Balaban J connectivity index is 1.83. The molecule has 3 rings (SSSR count). The molecule has 2 N–H and O–H groups in total. The van der Waals surface area contributed by atoms with E-state index in [9.17, 15) is 9.59 Å². The number of rotatable bonds is 6. The predicted molar refractivity (Wildman–Crippen MR) is 119 cm³/mol. The average molecular weight is 427 g/mol. The van der Waals surface area contributed by atoms with Crippen molar-refractivity contribution in [2.24, 2.45) is 0 Å². The summed E-state index contributed by atoms with van der Waals surface area (Å²) >= 11 is 12.3. The minimum atomic E-state index is -0.413. The van der Waals surface area contributed by atoms with E-state index in [4.69, 9.17) is 23.2 Å². The third-order valence-corrected chi connectivity index (χ3v) is 5.19. The zero-order chi connectivity index (χ0) is 20.8. The lowest BCUT2D eigenvalue weighted by Crippen LogP contribution is -2.23. The van der Waals surface area contributed by atoms with E-state index in [2.05, 4.69) is 10.6 Å². The maximum absolute atomic E-state index is 12.9. The molecule has 3 aromatic carbocycles. The summed E-state index contributed by atoms with van der Waals surface area (Å²) in [6.07, 6.45) is 0.638. The molecule has 0 aliphatic rings. The molecule has 0 bridgehead atoms. The van der Waals surface area contributed by atoms with Gasteiger partial charge in [0.25, 0.3) is 5.91 Å². The number of carbonyl (C=O) groups excluding carboxylic acids is 2. The van der Waals surface area contributed by atoms with Crippen LogP contribution in [0.4, 0.5) is 11.4 Å². The highest BCUT2D eigenvalue weighted by Crippen LogP contribution is 2.31. The van der Waals surface area contributed by atoms with Crippen molar-refractivity contribution in [2.75, 3.05) is 10.6 Å². The van der Waals surface area contributed by atoms with Crippen LogP contribution >= 0.6 is 23.2 Å². The van der Waals surface area contributed by atoms with E-state index in [1.165, 1.54) is 0 Å². The maximum Gasteiger partial charge on any atom is 0.257 e. The fraction of sp³-hybridized carbons (Fsp3) is 0.130. The number of amides is 2. The van der Waals surface area contributed by atoms with Crippen LogP contribution in [0.1, 0.15) is 35.2 Å². The summed E-state index contributed by atoms with van der Waals surface area (Å²) in [7, 11) is 0. The zero-order valence-electron chi connectivity index (χ0n) is 15.8. The summed E-state index contributed by atoms with van der Waals surface area (Å²) in [5.41, 5.74) is 2.00. The van der Waals surface area contributed by atoms with Gasteiger partial charge in [-0.3, -0.25) is 9.59 Å². The number of halogens is 2. The van der Waals surface area contributed by atoms with Crippen molar-refractivity contribution in [3.05, 3.63) is 94.0 Å². The summed E-state index contributed by atoms with van der Waals surface area (Å²) in [6.45, 7) is 1.95. The SMILES string of the molecule is CC[C@@H](C(=O)Nc1ccccc1C(=O)Nc1c(Cl)cccc1Cl)c1ccccc1. The Bertz CT molecular complexity index is 1000. The normalized spacial score (nSPS) is 11.6. The molecule has 2 amide bonds. The molecule has 148 valence electrons. The zero-order valence-corrected chi connectivity index (χ0v) is 17.3. The van der Waals surface area contributed by atoms with Crippen LogP contribution in [0.5, 0.6) is 0 Å². The van der Waals surface area contributed by atoms with Crippen LogP contribution in [0.3, 0.4) is 0 Å². The predicted octanol–water partition coefficient (Wildman–Crippen LogP) is 6.38. The number of carbonyl (C=O) groups is 2. The quantitative estimate of drug-likeness (QED) is 0.480. The first-order valence-corrected chi connectivity index (χ1v) is 9.97. The molecule has 0 saturated carbocycles. The van der Waals surface area contributed by atoms with Gasteiger partial charge in [0.15, 0.2) is 0 Å². The van der Waals surface area contributed by atoms with Gasteiger partial charge < -0.3 is 10.6 Å². The van der Waals surface area contributed by atoms with Gasteiger partial charge in [0.05, 0.1) is 32.9 Å². The summed E-state index contributed by atoms with van der Waals surface area (Å²) in [6, 6.07) is 21.4. The summed E-state index contributed by atoms with van der Waals surface area (Å²) in [5, 5.41) is 6.29. The third kappa shape index (κ3) is 4.97. The first-order chi connectivity index (χ1) is 14.0. The molecular formula is C23H20Cl2N2O2. The first kappa shape index (κ1) is 20.9. The van der Waals surface area contributed by atoms with Crippen molar-refractivity contribution in [1.82, 2.24) is 0 Å². The molecule has 3 aromatic rings. The van der Waals surface area contributed by atoms with Gasteiger partial charge in [-0.1, -0.05) is 78.7 Å². The second-order valence-corrected chi connectivity index (χ2v) is 7.27. The van der Waals surface area contributed by atoms with E-state index in [-0.39, 0.29) is 11.8 Å². The van der Waals surface area contributed by atoms with Gasteiger partial charge in [-0.2, -0.15) is 0 Å². The Hall–Kier alpha value is -2.82. The molecule has 0 radical (unpaired) electrons. The molecule has 6 heteroatoms. The fourth-order valence-electron chi connectivity index (χ4n) is 3.07. The van der Waals surface area contributed by atoms with E-state index >= 15 is 0 Å². The third-order valence-electron chi connectivity index (χ3n) is 4.56. The van der Waals surface area contributed by atoms with Crippen molar-refractivity contribution in [3.63, 3.8) is 0 Å². The molecule has 0 saturated heterocycles. The van der Waals surface area contributed by atoms with Crippen LogP contribution in [0.15, 0.2) is 72.8 Å². The molecule has 0 aliphatic heterocycles. The molecule has 0 unspecified atom stereocenters. The monoisotopic (exact) mass is 426 g/mol. The lowest BCUT2D eigenvalue weighted by Gasteiger charge is -2.17. The van der Waals surface area contributed by atoms with Gasteiger partial charge in [0.1, 0.15) is 0 Å². The molecule has 0 aromatic heterocycles. The minimum Gasteiger partial charge on any atom is -0.325 e. The molecule has 4 nitrogen and oxygen atoms in total. The highest BCUT2D eigenvalue weighted by Gasteiger charge is 2.21. The Labute approximate surface area is 179 Å². The fourth-order valence-corrected chi connectivity index (χ4v) is 3.56. The van der Waals surface area contributed by atoms with E-state index in [1.54, 1.807) is 42.5 Å². The van der Waals surface area contributed by atoms with Crippen LogP contribution < -0.4 is 10.6 Å². The van der Waals surface area contributed by atoms with Crippen LogP contribution in [0, 0.1) is 0 Å². The smallest absolute Gasteiger partial charge is 0.257 e. The number of hydrogen-bond donors (Lipinski definition) is 2. The summed E-state index contributed by atoms with van der Waals surface area (Å²) < 4.78 is 0. The number of benzene rings is 3. The van der Waals surface area contributed by atoms with E-state index < -0.39 is 5.91 Å². The topological polar surface area (TPSA) is 58.2 Å². The van der Waals surface area contributed by atoms with Gasteiger partial charge in [0, 0.05) is 0 Å². The number of hydrogen-bond acceptors (Lipinski definition) is 2. The van der Waals surface area contributed by atoms with E-state index in [1.807, 2.05) is 37.3 Å². The van der Waals surface area contributed by atoms with Crippen molar-refractivity contribution in [1.29, 1.82) is 0 Å². The molecule has 1 atom stereocenters. The minimum absolute atomic E-state index is 0.172. The lowest BCUT2D eigenvalue weighted by molar-refractivity contribution is -0.117. The van der Waals surface area contributed by atoms with E-state index in [0.29, 0.717) is 33.4 Å². The number of nitrogens with one attached hydrogen (secondary N) is 2. The molecule has 0 heterocycles. The highest BCUT2D eigenvalue weighted by atomic mass is 35.5. The van der Waals surface area contributed by atoms with Gasteiger partial charge in [-0.05, 0) is 36.2 Å². The van der Waals surface area contributed by atoms with E-state index in [0.717, 1.165) is 5.56 Å². The first-order valence-electron chi connectivity index (χ1n) is 9.21. The molecule has 29 heavy (non-hydrogen) atoms. The molecule has 0 spiro atoms. The van der Waals surface area contributed by atoms with Gasteiger partial charge in [-0.15, -0.1) is 0 Å². The van der Waals surface area contributed by atoms with Crippen LogP contribution in [0.25, 0.3) is 0 Å². The van der Waals surface area contributed by atoms with Crippen molar-refractivity contribution in [2.45, 2.75) is 19.3 Å². The molecular weight excluding hydrogens is 407 g/mol. The Morgan fingerprint density at radius 2 is 1.45 bits per heavy atom. The van der Waals surface area contributed by atoms with Gasteiger partial charge >= 0.3 is 0 Å².